The fourth-order valence-electron chi connectivity index (χ4n) is 2.66. The van der Waals surface area contributed by atoms with Gasteiger partial charge < -0.3 is 20.1 Å². The lowest BCUT2D eigenvalue weighted by molar-refractivity contribution is -0.0945. The number of ether oxygens (including phenoxy) is 2. The smallest absolute Gasteiger partial charge is 0.191 e. The molecule has 1 aliphatic rings. The van der Waals surface area contributed by atoms with Crippen molar-refractivity contribution in [3.05, 3.63) is 29.8 Å². The fourth-order valence-corrected chi connectivity index (χ4v) is 2.66. The van der Waals surface area contributed by atoms with Gasteiger partial charge in [-0.2, -0.15) is 0 Å². The molecule has 1 heterocycles. The summed E-state index contributed by atoms with van der Waals surface area (Å²) in [5.41, 5.74) is 1.54. The average molecular weight is 333 g/mol. The predicted octanol–water partition coefficient (Wildman–Crippen LogP) is 2.78. The molecule has 1 aromatic rings. The van der Waals surface area contributed by atoms with Gasteiger partial charge in [-0.3, -0.25) is 4.99 Å². The number of guanidine groups is 1. The molecule has 1 unspecified atom stereocenters. The first-order valence-electron chi connectivity index (χ1n) is 8.80. The van der Waals surface area contributed by atoms with Gasteiger partial charge in [-0.15, -0.1) is 0 Å². The second-order valence-electron chi connectivity index (χ2n) is 6.89. The Balaban J connectivity index is 1.79. The quantitative estimate of drug-likeness (QED) is 0.567. The Labute approximate surface area is 145 Å². The molecule has 5 nitrogen and oxygen atoms in total. The van der Waals surface area contributed by atoms with E-state index in [0.717, 1.165) is 51.0 Å². The summed E-state index contributed by atoms with van der Waals surface area (Å²) in [4.78, 5) is 4.70. The largest absolute Gasteiger partial charge is 0.497 e. The maximum Gasteiger partial charge on any atom is 0.191 e. The third-order valence-electron chi connectivity index (χ3n) is 4.42. The van der Waals surface area contributed by atoms with Crippen LogP contribution in [0.15, 0.2) is 29.3 Å². The summed E-state index contributed by atoms with van der Waals surface area (Å²) in [6.45, 7) is 10.7. The molecule has 0 amide bonds. The maximum atomic E-state index is 5.29. The molecule has 0 bridgehead atoms. The highest BCUT2D eigenvalue weighted by Crippen LogP contribution is 2.26. The van der Waals surface area contributed by atoms with Gasteiger partial charge in [-0.25, -0.2) is 0 Å². The van der Waals surface area contributed by atoms with Crippen LogP contribution in [0.25, 0.3) is 0 Å². The summed E-state index contributed by atoms with van der Waals surface area (Å²) in [5, 5.41) is 6.75. The maximum absolute atomic E-state index is 5.29. The summed E-state index contributed by atoms with van der Waals surface area (Å²) < 4.78 is 10.5. The van der Waals surface area contributed by atoms with Crippen LogP contribution in [0.2, 0.25) is 0 Å². The van der Waals surface area contributed by atoms with Crippen LogP contribution < -0.4 is 15.4 Å². The van der Waals surface area contributed by atoms with Gasteiger partial charge >= 0.3 is 0 Å². The predicted molar refractivity (Wildman–Crippen MR) is 98.9 cm³/mol. The van der Waals surface area contributed by atoms with E-state index in [1.807, 2.05) is 12.1 Å². The van der Waals surface area contributed by atoms with Crippen molar-refractivity contribution in [2.45, 2.75) is 33.1 Å². The molecular weight excluding hydrogens is 302 g/mol. The molecule has 0 aliphatic carbocycles. The second kappa shape index (κ2) is 8.92. The molecule has 0 aromatic heterocycles. The molecule has 1 fully saturated rings. The fraction of sp³-hybridized carbons (Fsp3) is 0.632. The topological polar surface area (TPSA) is 54.9 Å². The van der Waals surface area contributed by atoms with Crippen LogP contribution >= 0.6 is 0 Å². The Morgan fingerprint density at radius 1 is 1.29 bits per heavy atom. The molecule has 1 saturated heterocycles. The van der Waals surface area contributed by atoms with Crippen LogP contribution in [0.3, 0.4) is 0 Å². The van der Waals surface area contributed by atoms with E-state index in [4.69, 9.17) is 14.5 Å². The zero-order valence-corrected chi connectivity index (χ0v) is 15.4. The van der Waals surface area contributed by atoms with Crippen molar-refractivity contribution in [2.75, 3.05) is 40.0 Å². The Bertz CT molecular complexity index is 524. The van der Waals surface area contributed by atoms with Crippen LogP contribution in [-0.4, -0.2) is 45.9 Å². The van der Waals surface area contributed by atoms with E-state index in [-0.39, 0.29) is 5.41 Å². The minimum absolute atomic E-state index is 0.207. The molecular formula is C19H31N3O2. The standard InChI is InChI=1S/C19H31N3O2/c1-5-20-18(22-12-19(3)13-24-14-19)21-11-10-15(2)16-6-8-17(23-4)9-7-16/h6-9,15H,5,10-14H2,1-4H3,(H2,20,21,22). The summed E-state index contributed by atoms with van der Waals surface area (Å²) in [5.74, 6) is 2.29. The number of benzene rings is 1. The van der Waals surface area contributed by atoms with E-state index in [1.54, 1.807) is 7.11 Å². The molecule has 0 spiro atoms. The van der Waals surface area contributed by atoms with Gasteiger partial charge in [0.15, 0.2) is 5.96 Å². The molecule has 24 heavy (non-hydrogen) atoms. The van der Waals surface area contributed by atoms with E-state index in [0.29, 0.717) is 5.92 Å². The zero-order chi connectivity index (χ0) is 17.4. The number of nitrogens with one attached hydrogen (secondary N) is 2. The number of hydrogen-bond acceptors (Lipinski definition) is 3. The van der Waals surface area contributed by atoms with Gasteiger partial charge in [0.2, 0.25) is 0 Å². The highest BCUT2D eigenvalue weighted by molar-refractivity contribution is 5.79. The van der Waals surface area contributed by atoms with E-state index in [1.165, 1.54) is 5.56 Å². The number of aliphatic imine (C=N–C) groups is 1. The molecule has 2 N–H and O–H groups in total. The van der Waals surface area contributed by atoms with E-state index < -0.39 is 0 Å². The molecule has 0 saturated carbocycles. The molecule has 2 rings (SSSR count). The normalized spacial score (nSPS) is 17.8. The van der Waals surface area contributed by atoms with Crippen LogP contribution in [-0.2, 0) is 4.74 Å². The first-order chi connectivity index (χ1) is 11.6. The van der Waals surface area contributed by atoms with Crippen LogP contribution in [0.4, 0.5) is 0 Å². The van der Waals surface area contributed by atoms with Crippen molar-refractivity contribution in [2.24, 2.45) is 10.4 Å². The van der Waals surface area contributed by atoms with E-state index in [9.17, 15) is 0 Å². The van der Waals surface area contributed by atoms with Gasteiger partial charge in [-0.05, 0) is 37.0 Å². The zero-order valence-electron chi connectivity index (χ0n) is 15.4. The SMILES string of the molecule is CCNC(=NCC1(C)COC1)NCCC(C)c1ccc(OC)cc1. The second-order valence-corrected chi connectivity index (χ2v) is 6.89. The molecule has 1 atom stereocenters. The lowest BCUT2D eigenvalue weighted by Gasteiger charge is -2.36. The first kappa shape index (κ1) is 18.6. The lowest BCUT2D eigenvalue weighted by Crippen LogP contribution is -2.44. The Hall–Kier alpha value is -1.75. The van der Waals surface area contributed by atoms with Crippen molar-refractivity contribution in [1.29, 1.82) is 0 Å². The van der Waals surface area contributed by atoms with Crippen LogP contribution in [0, 0.1) is 5.41 Å². The van der Waals surface area contributed by atoms with Gasteiger partial charge in [0.25, 0.3) is 0 Å². The number of hydrogen-bond donors (Lipinski definition) is 2. The van der Waals surface area contributed by atoms with Crippen molar-refractivity contribution in [3.8, 4) is 5.75 Å². The Kier molecular flexibility index (Phi) is 6.91. The van der Waals surface area contributed by atoms with Crippen molar-refractivity contribution >= 4 is 5.96 Å². The number of nitrogens with zero attached hydrogens (tertiary/aromatic N) is 1. The van der Waals surface area contributed by atoms with Gasteiger partial charge in [0.05, 0.1) is 26.9 Å². The molecule has 1 aliphatic heterocycles. The third-order valence-corrected chi connectivity index (χ3v) is 4.42. The molecule has 0 radical (unpaired) electrons. The Morgan fingerprint density at radius 2 is 2.00 bits per heavy atom. The molecule has 5 heteroatoms. The van der Waals surface area contributed by atoms with Gasteiger partial charge in [0, 0.05) is 18.5 Å². The summed E-state index contributed by atoms with van der Waals surface area (Å²) in [6.07, 6.45) is 1.05. The first-order valence-corrected chi connectivity index (χ1v) is 8.80. The third kappa shape index (κ3) is 5.41. The van der Waals surface area contributed by atoms with Crippen molar-refractivity contribution < 1.29 is 9.47 Å². The molecule has 134 valence electrons. The Morgan fingerprint density at radius 3 is 2.54 bits per heavy atom. The highest BCUT2D eigenvalue weighted by Gasteiger charge is 2.33. The minimum atomic E-state index is 0.207. The monoisotopic (exact) mass is 333 g/mol. The summed E-state index contributed by atoms with van der Waals surface area (Å²) >= 11 is 0. The lowest BCUT2D eigenvalue weighted by atomic mass is 9.89. The minimum Gasteiger partial charge on any atom is -0.497 e. The molecule has 1 aromatic carbocycles. The van der Waals surface area contributed by atoms with Crippen molar-refractivity contribution in [3.63, 3.8) is 0 Å². The van der Waals surface area contributed by atoms with Crippen LogP contribution in [0.1, 0.15) is 38.7 Å². The summed E-state index contributed by atoms with van der Waals surface area (Å²) in [6, 6.07) is 8.32. The number of methoxy groups -OCH3 is 1. The number of rotatable bonds is 8. The summed E-state index contributed by atoms with van der Waals surface area (Å²) in [7, 11) is 1.69. The van der Waals surface area contributed by atoms with Crippen molar-refractivity contribution in [1.82, 2.24) is 10.6 Å². The average Bonchev–Trinajstić information content (AvgIpc) is 2.58. The van der Waals surface area contributed by atoms with E-state index in [2.05, 4.69) is 43.5 Å². The van der Waals surface area contributed by atoms with E-state index >= 15 is 0 Å². The highest BCUT2D eigenvalue weighted by atomic mass is 16.5. The van der Waals surface area contributed by atoms with Crippen LogP contribution in [0.5, 0.6) is 5.75 Å². The van der Waals surface area contributed by atoms with Gasteiger partial charge in [-0.1, -0.05) is 26.0 Å². The van der Waals surface area contributed by atoms with Gasteiger partial charge in [0.1, 0.15) is 5.75 Å².